The Bertz CT molecular complexity index is 1450. The monoisotopic (exact) mass is 564 g/mol. The van der Waals surface area contributed by atoms with Crippen molar-refractivity contribution >= 4 is 40.5 Å². The van der Waals surface area contributed by atoms with Gasteiger partial charge in [-0.1, -0.05) is 23.7 Å². The molecule has 0 spiro atoms. The highest BCUT2D eigenvalue weighted by Gasteiger charge is 2.32. The maximum absolute atomic E-state index is 13.4. The van der Waals surface area contributed by atoms with Gasteiger partial charge in [0.1, 0.15) is 17.2 Å². The molecule has 3 aromatic carbocycles. The maximum atomic E-state index is 13.4. The number of hydrogen-bond donors (Lipinski definition) is 1. The maximum Gasteiger partial charge on any atom is 0.306 e. The van der Waals surface area contributed by atoms with Crippen LogP contribution in [-0.2, 0) is 28.9 Å². The quantitative estimate of drug-likeness (QED) is 0.380. The van der Waals surface area contributed by atoms with Crippen molar-refractivity contribution in [1.29, 1.82) is 0 Å². The van der Waals surface area contributed by atoms with E-state index in [9.17, 15) is 9.59 Å². The van der Waals surface area contributed by atoms with Gasteiger partial charge in [-0.2, -0.15) is 0 Å². The predicted molar refractivity (Wildman–Crippen MR) is 155 cm³/mol. The van der Waals surface area contributed by atoms with E-state index < -0.39 is 0 Å². The number of halogens is 1. The summed E-state index contributed by atoms with van der Waals surface area (Å²) in [5, 5.41) is 4.49. The van der Waals surface area contributed by atoms with Gasteiger partial charge < -0.3 is 19.1 Å². The predicted octanol–water partition coefficient (Wildman–Crippen LogP) is 5.06. The summed E-state index contributed by atoms with van der Waals surface area (Å²) in [5.41, 5.74) is 9.99. The molecule has 0 saturated carbocycles. The average molecular weight is 565 g/mol. The summed E-state index contributed by atoms with van der Waals surface area (Å²) in [5.74, 6) is 0.865. The second-order valence-corrected chi connectivity index (χ2v) is 10.1. The lowest BCUT2D eigenvalue weighted by Gasteiger charge is -2.32. The first-order valence-corrected chi connectivity index (χ1v) is 13.6. The third-order valence-electron chi connectivity index (χ3n) is 7.25. The Balaban J connectivity index is 1.44. The number of aryl methyl sites for hydroxylation is 1. The number of carbonyl (C=O) groups excluding carboxylic acids is 2. The standard InChI is InChI=1S/C30H33ClN4O5/c1-5-40-28(36)12-9-19-15-25-29(27(16-19)39-4)33(2)32-35(25)24-8-6-7-20-18-34(14-13-22(20)24)30(37)23-11-10-21(31)17-26(23)38-3/h6-8,10-11,15-17,32H,5,9,12-14,18H2,1-4H3. The Labute approximate surface area is 239 Å². The number of anilines is 3. The molecule has 9 nitrogen and oxygen atoms in total. The lowest BCUT2D eigenvalue weighted by molar-refractivity contribution is -0.143. The first-order valence-electron chi connectivity index (χ1n) is 13.2. The van der Waals surface area contributed by atoms with Crippen molar-refractivity contribution in [2.45, 2.75) is 32.7 Å². The van der Waals surface area contributed by atoms with Crippen LogP contribution < -0.4 is 25.0 Å². The van der Waals surface area contributed by atoms with Crippen molar-refractivity contribution in [3.8, 4) is 11.5 Å². The van der Waals surface area contributed by atoms with Crippen LogP contribution in [0.1, 0.15) is 40.4 Å². The third kappa shape index (κ3) is 5.26. The fraction of sp³-hybridized carbons (Fsp3) is 0.333. The molecule has 0 atom stereocenters. The van der Waals surface area contributed by atoms with Crippen LogP contribution in [-0.4, -0.2) is 51.2 Å². The number of nitrogens with zero attached hydrogens (tertiary/aromatic N) is 3. The Morgan fingerprint density at radius 3 is 2.58 bits per heavy atom. The average Bonchev–Trinajstić information content (AvgIpc) is 3.30. The summed E-state index contributed by atoms with van der Waals surface area (Å²) < 4.78 is 16.3. The van der Waals surface area contributed by atoms with E-state index in [0.717, 1.165) is 28.2 Å². The van der Waals surface area contributed by atoms with Gasteiger partial charge in [0.25, 0.3) is 5.91 Å². The van der Waals surface area contributed by atoms with Gasteiger partial charge in [0.2, 0.25) is 0 Å². The van der Waals surface area contributed by atoms with Crippen LogP contribution in [0.25, 0.3) is 0 Å². The number of rotatable bonds is 8. The van der Waals surface area contributed by atoms with Gasteiger partial charge >= 0.3 is 5.97 Å². The summed E-state index contributed by atoms with van der Waals surface area (Å²) >= 11 is 6.10. The van der Waals surface area contributed by atoms with Crippen molar-refractivity contribution in [2.75, 3.05) is 44.4 Å². The number of fused-ring (bicyclic) bond motifs is 2. The number of ether oxygens (including phenoxy) is 3. The number of benzene rings is 3. The molecular weight excluding hydrogens is 532 g/mol. The van der Waals surface area contributed by atoms with Crippen molar-refractivity contribution in [2.24, 2.45) is 0 Å². The highest BCUT2D eigenvalue weighted by Crippen LogP contribution is 2.46. The lowest BCUT2D eigenvalue weighted by Crippen LogP contribution is -2.41. The molecule has 0 aromatic heterocycles. The Morgan fingerprint density at radius 2 is 1.82 bits per heavy atom. The highest BCUT2D eigenvalue weighted by atomic mass is 35.5. The first kappa shape index (κ1) is 27.6. The fourth-order valence-electron chi connectivity index (χ4n) is 5.36. The molecule has 2 aliphatic rings. The zero-order chi connectivity index (χ0) is 28.4. The van der Waals surface area contributed by atoms with Crippen LogP contribution in [0, 0.1) is 0 Å². The third-order valence-corrected chi connectivity index (χ3v) is 7.48. The van der Waals surface area contributed by atoms with Gasteiger partial charge in [0.15, 0.2) is 0 Å². The molecule has 10 heteroatoms. The molecule has 1 N–H and O–H groups in total. The molecule has 5 rings (SSSR count). The van der Waals surface area contributed by atoms with Crippen LogP contribution >= 0.6 is 11.6 Å². The summed E-state index contributed by atoms with van der Waals surface area (Å²) in [6, 6.07) is 15.3. The number of hydrogen-bond acceptors (Lipinski definition) is 8. The van der Waals surface area contributed by atoms with Crippen molar-refractivity contribution in [3.63, 3.8) is 0 Å². The summed E-state index contributed by atoms with van der Waals surface area (Å²) in [7, 11) is 5.12. The normalized spacial score (nSPS) is 14.1. The number of hydrazine groups is 2. The second-order valence-electron chi connectivity index (χ2n) is 9.70. The molecule has 0 saturated heterocycles. The topological polar surface area (TPSA) is 83.6 Å². The summed E-state index contributed by atoms with van der Waals surface area (Å²) in [4.78, 5) is 27.3. The van der Waals surface area contributed by atoms with E-state index in [1.807, 2.05) is 34.1 Å². The van der Waals surface area contributed by atoms with Crippen LogP contribution in [0.15, 0.2) is 48.5 Å². The van der Waals surface area contributed by atoms with Crippen molar-refractivity contribution in [3.05, 3.63) is 75.8 Å². The highest BCUT2D eigenvalue weighted by molar-refractivity contribution is 6.30. The molecule has 210 valence electrons. The van der Waals surface area contributed by atoms with Gasteiger partial charge in [-0.05, 0) is 72.9 Å². The van der Waals surface area contributed by atoms with Crippen LogP contribution in [0.3, 0.4) is 0 Å². The van der Waals surface area contributed by atoms with Crippen molar-refractivity contribution in [1.82, 2.24) is 10.4 Å². The van der Waals surface area contributed by atoms with E-state index in [0.29, 0.717) is 61.0 Å². The molecule has 2 heterocycles. The minimum Gasteiger partial charge on any atom is -0.496 e. The largest absolute Gasteiger partial charge is 0.496 e. The molecule has 0 radical (unpaired) electrons. The Morgan fingerprint density at radius 1 is 1.02 bits per heavy atom. The minimum atomic E-state index is -0.221. The SMILES string of the molecule is CCOC(=O)CCc1cc(OC)c2c(c1)N(c1cccc3c1CCN(C(=O)c1ccc(Cl)cc1OC)C3)NN2C. The van der Waals surface area contributed by atoms with Gasteiger partial charge in [-0.3, -0.25) is 19.6 Å². The zero-order valence-electron chi connectivity index (χ0n) is 23.1. The summed E-state index contributed by atoms with van der Waals surface area (Å²) in [6.45, 7) is 3.21. The van der Waals surface area contributed by atoms with E-state index in [2.05, 4.69) is 23.7 Å². The molecule has 40 heavy (non-hydrogen) atoms. The van der Waals surface area contributed by atoms with Gasteiger partial charge in [0.05, 0.1) is 37.8 Å². The molecule has 3 aromatic rings. The summed E-state index contributed by atoms with van der Waals surface area (Å²) in [6.07, 6.45) is 1.52. The lowest BCUT2D eigenvalue weighted by atomic mass is 9.96. The first-order chi connectivity index (χ1) is 19.3. The van der Waals surface area contributed by atoms with Crippen LogP contribution in [0.4, 0.5) is 17.1 Å². The molecule has 1 amide bonds. The van der Waals surface area contributed by atoms with E-state index >= 15 is 0 Å². The number of esters is 1. The number of methoxy groups -OCH3 is 2. The number of carbonyl (C=O) groups is 2. The van der Waals surface area contributed by atoms with Crippen LogP contribution in [0.5, 0.6) is 11.5 Å². The van der Waals surface area contributed by atoms with Gasteiger partial charge in [-0.25, -0.2) is 0 Å². The van der Waals surface area contributed by atoms with E-state index in [1.54, 1.807) is 32.2 Å². The van der Waals surface area contributed by atoms with Gasteiger partial charge in [-0.15, -0.1) is 5.53 Å². The fourth-order valence-corrected chi connectivity index (χ4v) is 5.52. The van der Waals surface area contributed by atoms with E-state index in [1.165, 1.54) is 12.7 Å². The van der Waals surface area contributed by atoms with E-state index in [4.69, 9.17) is 25.8 Å². The Hall–Kier alpha value is -3.95. The smallest absolute Gasteiger partial charge is 0.306 e. The number of nitrogens with one attached hydrogen (secondary N) is 1. The molecule has 2 aliphatic heterocycles. The van der Waals surface area contributed by atoms with Crippen molar-refractivity contribution < 1.29 is 23.8 Å². The van der Waals surface area contributed by atoms with E-state index in [-0.39, 0.29) is 11.9 Å². The molecule has 0 fully saturated rings. The molecule has 0 unspecified atom stereocenters. The molecule has 0 bridgehead atoms. The van der Waals surface area contributed by atoms with Crippen LogP contribution in [0.2, 0.25) is 5.02 Å². The van der Waals surface area contributed by atoms with Gasteiger partial charge in [0, 0.05) is 31.6 Å². The minimum absolute atomic E-state index is 0.0927. The Kier molecular flexibility index (Phi) is 8.04. The molecule has 0 aliphatic carbocycles. The number of amides is 1. The molecular formula is C30H33ClN4O5. The zero-order valence-corrected chi connectivity index (χ0v) is 23.9. The second kappa shape index (κ2) is 11.7.